The van der Waals surface area contributed by atoms with Crippen molar-refractivity contribution in [2.24, 2.45) is 5.92 Å². The van der Waals surface area contributed by atoms with Gasteiger partial charge in [-0.25, -0.2) is 4.39 Å². The maximum absolute atomic E-state index is 13.2. The Bertz CT molecular complexity index is 538. The number of nitrogens with one attached hydrogen (secondary N) is 1. The maximum Gasteiger partial charge on any atom is 0.299 e. The van der Waals surface area contributed by atoms with Gasteiger partial charge in [0, 0.05) is 6.54 Å². The average Bonchev–Trinajstić information content (AvgIpc) is 2.65. The number of rotatable bonds is 2. The highest BCUT2D eigenvalue weighted by Gasteiger charge is 2.37. The molecule has 2 heterocycles. The van der Waals surface area contributed by atoms with Gasteiger partial charge in [-0.05, 0) is 50.0 Å². The predicted molar refractivity (Wildman–Crippen MR) is 68.7 cm³/mol. The summed E-state index contributed by atoms with van der Waals surface area (Å²) in [7, 11) is 0. The zero-order valence-corrected chi connectivity index (χ0v) is 10.5. The van der Waals surface area contributed by atoms with Gasteiger partial charge in [0.2, 0.25) is 0 Å². The van der Waals surface area contributed by atoms with Crippen molar-refractivity contribution in [3.8, 4) is 0 Å². The Labute approximate surface area is 110 Å². The smallest absolute Gasteiger partial charge is 0.299 e. The number of halogens is 1. The van der Waals surface area contributed by atoms with E-state index in [0.717, 1.165) is 32.0 Å². The van der Waals surface area contributed by atoms with E-state index in [9.17, 15) is 14.0 Å². The molecule has 5 heteroatoms. The van der Waals surface area contributed by atoms with Crippen LogP contribution < -0.4 is 10.2 Å². The second kappa shape index (κ2) is 4.74. The minimum Gasteiger partial charge on any atom is -0.317 e. The van der Waals surface area contributed by atoms with Crippen LogP contribution in [0.25, 0.3) is 0 Å². The van der Waals surface area contributed by atoms with Crippen molar-refractivity contribution >= 4 is 17.4 Å². The average molecular weight is 262 g/mol. The Balaban J connectivity index is 1.86. The number of nitrogens with zero attached hydrogens (tertiary/aromatic N) is 1. The van der Waals surface area contributed by atoms with Crippen LogP contribution in [0.5, 0.6) is 0 Å². The molecule has 19 heavy (non-hydrogen) atoms. The van der Waals surface area contributed by atoms with Crippen LogP contribution in [0.15, 0.2) is 18.2 Å². The number of Topliss-reactive ketones (excluding diaryl/α,β-unsaturated/α-hetero) is 1. The van der Waals surface area contributed by atoms with Crippen LogP contribution in [0, 0.1) is 11.7 Å². The highest BCUT2D eigenvalue weighted by Crippen LogP contribution is 2.31. The van der Waals surface area contributed by atoms with E-state index in [4.69, 9.17) is 0 Å². The van der Waals surface area contributed by atoms with E-state index in [-0.39, 0.29) is 5.56 Å². The monoisotopic (exact) mass is 262 g/mol. The van der Waals surface area contributed by atoms with Crippen LogP contribution in [0.4, 0.5) is 10.1 Å². The van der Waals surface area contributed by atoms with Gasteiger partial charge >= 0.3 is 0 Å². The first-order valence-corrected chi connectivity index (χ1v) is 6.53. The van der Waals surface area contributed by atoms with Crippen LogP contribution in [0.3, 0.4) is 0 Å². The Hall–Kier alpha value is -1.75. The molecule has 0 bridgehead atoms. The first-order valence-electron chi connectivity index (χ1n) is 6.53. The summed E-state index contributed by atoms with van der Waals surface area (Å²) in [5.74, 6) is -1.21. The standard InChI is InChI=1S/C14H15FN2O2/c15-10-1-2-12-11(7-10)13(18)14(19)17(12)8-9-3-5-16-6-4-9/h1-2,7,9,16H,3-6,8H2. The molecule has 0 unspecified atom stereocenters. The van der Waals surface area contributed by atoms with Crippen molar-refractivity contribution in [3.05, 3.63) is 29.6 Å². The number of piperidine rings is 1. The fourth-order valence-electron chi connectivity index (χ4n) is 2.78. The van der Waals surface area contributed by atoms with Gasteiger partial charge in [0.05, 0.1) is 11.3 Å². The molecule has 0 aromatic heterocycles. The summed E-state index contributed by atoms with van der Waals surface area (Å²) in [4.78, 5) is 25.3. The lowest BCUT2D eigenvalue weighted by molar-refractivity contribution is -0.114. The van der Waals surface area contributed by atoms with E-state index in [1.165, 1.54) is 17.0 Å². The Kier molecular flexibility index (Phi) is 3.06. The maximum atomic E-state index is 13.2. The molecule has 0 atom stereocenters. The van der Waals surface area contributed by atoms with Gasteiger partial charge in [-0.3, -0.25) is 9.59 Å². The number of hydrogen-bond acceptors (Lipinski definition) is 3. The molecule has 1 N–H and O–H groups in total. The Morgan fingerprint density at radius 1 is 1.26 bits per heavy atom. The molecule has 1 fully saturated rings. The summed E-state index contributed by atoms with van der Waals surface area (Å²) < 4.78 is 13.2. The minimum absolute atomic E-state index is 0.193. The van der Waals surface area contributed by atoms with Gasteiger partial charge in [-0.15, -0.1) is 0 Å². The number of amides is 1. The third-order valence-corrected chi connectivity index (χ3v) is 3.83. The molecule has 1 aromatic carbocycles. The number of carbonyl (C=O) groups excluding carboxylic acids is 2. The van der Waals surface area contributed by atoms with E-state index in [0.29, 0.717) is 18.2 Å². The molecule has 1 saturated heterocycles. The summed E-state index contributed by atoms with van der Waals surface area (Å²) in [6, 6.07) is 3.96. The van der Waals surface area contributed by atoms with Crippen LogP contribution in [-0.4, -0.2) is 31.3 Å². The van der Waals surface area contributed by atoms with Crippen molar-refractivity contribution in [2.75, 3.05) is 24.5 Å². The van der Waals surface area contributed by atoms with E-state index in [1.807, 2.05) is 0 Å². The molecule has 1 aromatic rings. The zero-order valence-electron chi connectivity index (χ0n) is 10.5. The molecule has 3 rings (SSSR count). The SMILES string of the molecule is O=C1C(=O)N(CC2CCNCC2)c2ccc(F)cc21. The van der Waals surface area contributed by atoms with Gasteiger partial charge in [0.15, 0.2) is 0 Å². The first-order chi connectivity index (χ1) is 9.16. The molecule has 1 amide bonds. The van der Waals surface area contributed by atoms with Crippen molar-refractivity contribution in [3.63, 3.8) is 0 Å². The van der Waals surface area contributed by atoms with Crippen LogP contribution in [0.1, 0.15) is 23.2 Å². The highest BCUT2D eigenvalue weighted by molar-refractivity contribution is 6.52. The van der Waals surface area contributed by atoms with E-state index >= 15 is 0 Å². The molecule has 0 saturated carbocycles. The Morgan fingerprint density at radius 3 is 2.74 bits per heavy atom. The molecule has 0 radical (unpaired) electrons. The lowest BCUT2D eigenvalue weighted by atomic mass is 9.97. The normalized spacial score (nSPS) is 19.9. The number of fused-ring (bicyclic) bond motifs is 1. The van der Waals surface area contributed by atoms with Gasteiger partial charge in [-0.2, -0.15) is 0 Å². The number of ketones is 1. The highest BCUT2D eigenvalue weighted by atomic mass is 19.1. The van der Waals surface area contributed by atoms with Crippen molar-refractivity contribution in [2.45, 2.75) is 12.8 Å². The van der Waals surface area contributed by atoms with E-state index < -0.39 is 17.5 Å². The number of anilines is 1. The summed E-state index contributed by atoms with van der Waals surface area (Å²) >= 11 is 0. The Morgan fingerprint density at radius 2 is 2.00 bits per heavy atom. The largest absolute Gasteiger partial charge is 0.317 e. The van der Waals surface area contributed by atoms with E-state index in [1.54, 1.807) is 0 Å². The van der Waals surface area contributed by atoms with Crippen LogP contribution >= 0.6 is 0 Å². The topological polar surface area (TPSA) is 49.4 Å². The molecule has 4 nitrogen and oxygen atoms in total. The van der Waals surface area contributed by atoms with E-state index in [2.05, 4.69) is 5.32 Å². The minimum atomic E-state index is -0.594. The van der Waals surface area contributed by atoms with Crippen LogP contribution in [0.2, 0.25) is 0 Å². The van der Waals surface area contributed by atoms with Gasteiger partial charge < -0.3 is 10.2 Å². The third-order valence-electron chi connectivity index (χ3n) is 3.83. The first kappa shape index (κ1) is 12.3. The second-order valence-electron chi connectivity index (χ2n) is 5.10. The fraction of sp³-hybridized carbons (Fsp3) is 0.429. The quantitative estimate of drug-likeness (QED) is 0.819. The second-order valence-corrected chi connectivity index (χ2v) is 5.10. The molecule has 2 aliphatic heterocycles. The van der Waals surface area contributed by atoms with Crippen LogP contribution in [-0.2, 0) is 4.79 Å². The molecule has 0 spiro atoms. The van der Waals surface area contributed by atoms with Crippen molar-refractivity contribution < 1.29 is 14.0 Å². The zero-order chi connectivity index (χ0) is 13.4. The lowest BCUT2D eigenvalue weighted by Crippen LogP contribution is -2.38. The van der Waals surface area contributed by atoms with Crippen molar-refractivity contribution in [1.29, 1.82) is 0 Å². The number of carbonyl (C=O) groups is 2. The third kappa shape index (κ3) is 2.14. The summed E-state index contributed by atoms with van der Waals surface area (Å²) in [5.41, 5.74) is 0.744. The van der Waals surface area contributed by atoms with Gasteiger partial charge in [-0.1, -0.05) is 0 Å². The number of hydrogen-bond donors (Lipinski definition) is 1. The predicted octanol–water partition coefficient (Wildman–Crippen LogP) is 1.35. The number of benzene rings is 1. The van der Waals surface area contributed by atoms with Crippen molar-refractivity contribution in [1.82, 2.24) is 5.32 Å². The lowest BCUT2D eigenvalue weighted by Gasteiger charge is -2.27. The summed E-state index contributed by atoms with van der Waals surface area (Å²) in [5, 5.41) is 3.27. The van der Waals surface area contributed by atoms with Gasteiger partial charge in [0.1, 0.15) is 5.82 Å². The molecule has 100 valence electrons. The molecular weight excluding hydrogens is 247 g/mol. The molecule has 2 aliphatic rings. The summed E-state index contributed by atoms with van der Waals surface area (Å²) in [6.45, 7) is 2.43. The fourth-order valence-corrected chi connectivity index (χ4v) is 2.78. The van der Waals surface area contributed by atoms with Gasteiger partial charge in [0.25, 0.3) is 11.7 Å². The summed E-state index contributed by atoms with van der Waals surface area (Å²) in [6.07, 6.45) is 1.99. The molecule has 0 aliphatic carbocycles. The molecular formula is C14H15FN2O2.